The van der Waals surface area contributed by atoms with Gasteiger partial charge in [-0.25, -0.2) is 4.99 Å². The molecule has 0 spiro atoms. The minimum absolute atomic E-state index is 0.109. The minimum Gasteiger partial charge on any atom is -0.386 e. The third kappa shape index (κ3) is 7.01. The summed E-state index contributed by atoms with van der Waals surface area (Å²) < 4.78 is 5.94. The van der Waals surface area contributed by atoms with Gasteiger partial charge in [-0.1, -0.05) is 37.1 Å². The van der Waals surface area contributed by atoms with Gasteiger partial charge in [0.05, 0.1) is 0 Å². The van der Waals surface area contributed by atoms with Crippen molar-refractivity contribution in [3.63, 3.8) is 0 Å². The first kappa shape index (κ1) is 23.7. The maximum absolute atomic E-state index is 12.3. The molecule has 0 bridgehead atoms. The number of carbonyl (C=O) groups is 1. The van der Waals surface area contributed by atoms with E-state index in [2.05, 4.69) is 39.4 Å². The van der Waals surface area contributed by atoms with Gasteiger partial charge in [-0.2, -0.15) is 0 Å². The number of nitrogens with one attached hydrogen (secondary N) is 2. The minimum atomic E-state index is -0.734. The van der Waals surface area contributed by atoms with Crippen LogP contribution in [0.15, 0.2) is 29.3 Å². The highest BCUT2D eigenvalue weighted by molar-refractivity contribution is 6.10. The fourth-order valence-corrected chi connectivity index (χ4v) is 4.65. The molecule has 2 saturated heterocycles. The van der Waals surface area contributed by atoms with Crippen LogP contribution in [0.2, 0.25) is 0 Å². The van der Waals surface area contributed by atoms with E-state index in [1.54, 1.807) is 0 Å². The fourth-order valence-electron chi connectivity index (χ4n) is 4.65. The molecular weight excluding hydrogens is 416 g/mol. The Morgan fingerprint density at radius 1 is 1.24 bits per heavy atom. The van der Waals surface area contributed by atoms with Crippen LogP contribution < -0.4 is 11.1 Å². The van der Waals surface area contributed by atoms with Crippen LogP contribution in [-0.4, -0.2) is 65.9 Å². The predicted molar refractivity (Wildman–Crippen MR) is 130 cm³/mol. The highest BCUT2D eigenvalue weighted by atomic mass is 16.5. The number of amidine groups is 2. The van der Waals surface area contributed by atoms with Crippen molar-refractivity contribution in [1.82, 2.24) is 15.1 Å². The van der Waals surface area contributed by atoms with Gasteiger partial charge in [-0.15, -0.1) is 0 Å². The van der Waals surface area contributed by atoms with Gasteiger partial charge < -0.3 is 20.7 Å². The number of likely N-dealkylation sites (tertiary alicyclic amines) is 1. The lowest BCUT2D eigenvalue weighted by Crippen LogP contribution is -2.52. The van der Waals surface area contributed by atoms with Gasteiger partial charge in [0.2, 0.25) is 5.91 Å². The second-order valence-electron chi connectivity index (χ2n) is 9.62. The molecule has 1 saturated carbocycles. The van der Waals surface area contributed by atoms with E-state index in [0.29, 0.717) is 32.0 Å². The Kier molecular flexibility index (Phi) is 7.98. The topological polar surface area (TPSA) is 107 Å². The highest BCUT2D eigenvalue weighted by Gasteiger charge is 2.31. The molecule has 1 aromatic rings. The van der Waals surface area contributed by atoms with E-state index in [-0.39, 0.29) is 18.0 Å². The number of nitrogens with two attached hydrogens (primary N) is 1. The Hall–Kier alpha value is -2.45. The van der Waals surface area contributed by atoms with E-state index in [1.165, 1.54) is 49.9 Å². The molecule has 0 radical (unpaired) electrons. The molecule has 33 heavy (non-hydrogen) atoms. The lowest BCUT2D eigenvalue weighted by molar-refractivity contribution is -0.120. The zero-order valence-corrected chi connectivity index (χ0v) is 19.8. The Morgan fingerprint density at radius 3 is 2.67 bits per heavy atom. The Morgan fingerprint density at radius 2 is 1.97 bits per heavy atom. The molecule has 1 aromatic carbocycles. The van der Waals surface area contributed by atoms with Crippen molar-refractivity contribution in [2.24, 2.45) is 16.6 Å². The number of nitrogens with zero attached hydrogens (tertiary/aromatic N) is 3. The molecule has 3 fully saturated rings. The van der Waals surface area contributed by atoms with E-state index < -0.39 is 6.04 Å². The molecule has 1 aliphatic carbocycles. The Labute approximate surface area is 197 Å². The molecule has 1 amide bonds. The Bertz CT molecular complexity index is 862. The summed E-state index contributed by atoms with van der Waals surface area (Å²) in [4.78, 5) is 21.7. The summed E-state index contributed by atoms with van der Waals surface area (Å²) in [6.45, 7) is 7.03. The van der Waals surface area contributed by atoms with Crippen LogP contribution in [0.3, 0.4) is 0 Å². The van der Waals surface area contributed by atoms with Crippen LogP contribution in [0, 0.1) is 11.3 Å². The van der Waals surface area contributed by atoms with E-state index in [1.807, 2.05) is 6.92 Å². The first-order chi connectivity index (χ1) is 16.0. The molecule has 2 unspecified atom stereocenters. The van der Waals surface area contributed by atoms with Gasteiger partial charge in [0.25, 0.3) is 0 Å². The number of amides is 1. The molecule has 180 valence electrons. The van der Waals surface area contributed by atoms with Crippen LogP contribution in [0.5, 0.6) is 0 Å². The smallest absolute Gasteiger partial charge is 0.222 e. The van der Waals surface area contributed by atoms with Gasteiger partial charge in [0, 0.05) is 32.7 Å². The van der Waals surface area contributed by atoms with Crippen molar-refractivity contribution >= 4 is 17.6 Å². The summed E-state index contributed by atoms with van der Waals surface area (Å²) in [5, 5.41) is 11.0. The van der Waals surface area contributed by atoms with Crippen molar-refractivity contribution < 1.29 is 9.53 Å². The number of rotatable bonds is 10. The molecule has 8 nitrogen and oxygen atoms in total. The van der Waals surface area contributed by atoms with Gasteiger partial charge >= 0.3 is 0 Å². The Balaban J connectivity index is 1.50. The van der Waals surface area contributed by atoms with Crippen molar-refractivity contribution in [2.45, 2.75) is 70.8 Å². The SMILES string of the molecule is CC(N=C1C(C(=N)N)NC(=O)CCN1Cc1cccc(CN2CCCC2)c1)OCCC1CC1. The maximum Gasteiger partial charge on any atom is 0.222 e. The number of aliphatic imine (C=N–C) groups is 1. The van der Waals surface area contributed by atoms with Crippen molar-refractivity contribution in [1.29, 1.82) is 5.41 Å². The fraction of sp³-hybridized carbons (Fsp3) is 0.640. The molecule has 0 aromatic heterocycles. The number of hydrogen-bond donors (Lipinski definition) is 3. The monoisotopic (exact) mass is 454 g/mol. The average molecular weight is 455 g/mol. The predicted octanol–water partition coefficient (Wildman–Crippen LogP) is 2.47. The maximum atomic E-state index is 12.3. The van der Waals surface area contributed by atoms with Gasteiger partial charge in [0.1, 0.15) is 23.9 Å². The first-order valence-corrected chi connectivity index (χ1v) is 12.4. The molecule has 4 N–H and O–H groups in total. The quantitative estimate of drug-likeness (QED) is 0.372. The van der Waals surface area contributed by atoms with Crippen molar-refractivity contribution in [3.8, 4) is 0 Å². The normalized spacial score (nSPS) is 24.0. The molecular formula is C25H38N6O2. The van der Waals surface area contributed by atoms with Crippen molar-refractivity contribution in [2.75, 3.05) is 26.2 Å². The molecule has 8 heteroatoms. The third-order valence-electron chi connectivity index (χ3n) is 6.67. The second kappa shape index (κ2) is 11.1. The second-order valence-corrected chi connectivity index (χ2v) is 9.62. The van der Waals surface area contributed by atoms with Gasteiger partial charge in [-0.3, -0.25) is 15.1 Å². The number of ether oxygens (including phenoxy) is 1. The molecule has 4 rings (SSSR count). The van der Waals surface area contributed by atoms with E-state index in [0.717, 1.165) is 18.9 Å². The molecule has 2 heterocycles. The first-order valence-electron chi connectivity index (χ1n) is 12.4. The molecule has 3 aliphatic rings. The summed E-state index contributed by atoms with van der Waals surface area (Å²) in [7, 11) is 0. The number of benzene rings is 1. The van der Waals surface area contributed by atoms with Crippen molar-refractivity contribution in [3.05, 3.63) is 35.4 Å². The van der Waals surface area contributed by atoms with E-state index >= 15 is 0 Å². The summed E-state index contributed by atoms with van der Waals surface area (Å²) >= 11 is 0. The zero-order chi connectivity index (χ0) is 23.2. The standard InChI is InChI=1S/C25H38N6O2/c1-18(33-14-10-19-7-8-19)28-25-23(24(26)27)29-22(32)9-13-31(25)17-21-6-4-5-20(15-21)16-30-11-2-3-12-30/h4-6,15,18-19,23H,2-3,7-14,16-17H2,1H3,(H3,26,27)(H,29,32). The van der Waals surface area contributed by atoms with E-state index in [9.17, 15) is 4.79 Å². The summed E-state index contributed by atoms with van der Waals surface area (Å²) in [6.07, 6.45) is 6.20. The van der Waals surface area contributed by atoms with Gasteiger partial charge in [-0.05, 0) is 56.3 Å². The largest absolute Gasteiger partial charge is 0.386 e. The highest BCUT2D eigenvalue weighted by Crippen LogP contribution is 2.32. The summed E-state index contributed by atoms with van der Waals surface area (Å²) in [6, 6.07) is 7.91. The lowest BCUT2D eigenvalue weighted by atomic mass is 10.1. The number of carbonyl (C=O) groups excluding carboxylic acids is 1. The number of hydrogen-bond acceptors (Lipinski definition) is 5. The van der Waals surface area contributed by atoms with E-state index in [4.69, 9.17) is 20.9 Å². The molecule has 2 aliphatic heterocycles. The zero-order valence-electron chi connectivity index (χ0n) is 19.8. The van der Waals surface area contributed by atoms with Crippen LogP contribution in [0.4, 0.5) is 0 Å². The van der Waals surface area contributed by atoms with Gasteiger partial charge in [0.15, 0.2) is 0 Å². The van der Waals surface area contributed by atoms with Crippen LogP contribution in [-0.2, 0) is 22.6 Å². The van der Waals surface area contributed by atoms with Crippen LogP contribution in [0.25, 0.3) is 0 Å². The lowest BCUT2D eigenvalue weighted by Gasteiger charge is -2.29. The molecule has 2 atom stereocenters. The average Bonchev–Trinajstić information content (AvgIpc) is 3.49. The van der Waals surface area contributed by atoms with Crippen LogP contribution in [0.1, 0.15) is 56.6 Å². The summed E-state index contributed by atoms with van der Waals surface area (Å²) in [5.41, 5.74) is 8.37. The third-order valence-corrected chi connectivity index (χ3v) is 6.67. The van der Waals surface area contributed by atoms with Crippen LogP contribution >= 0.6 is 0 Å². The summed E-state index contributed by atoms with van der Waals surface area (Å²) in [5.74, 6) is 1.19.